The lowest BCUT2D eigenvalue weighted by Crippen LogP contribution is -2.29. The summed E-state index contributed by atoms with van der Waals surface area (Å²) in [5, 5.41) is 5.92. The van der Waals surface area contributed by atoms with E-state index < -0.39 is 11.7 Å². The fraction of sp³-hybridized carbons (Fsp3) is 0.333. The van der Waals surface area contributed by atoms with Crippen molar-refractivity contribution in [2.24, 2.45) is 5.10 Å². The lowest BCUT2D eigenvalue weighted by atomic mass is 10.2. The quantitative estimate of drug-likeness (QED) is 0.672. The summed E-state index contributed by atoms with van der Waals surface area (Å²) in [7, 11) is 0. The van der Waals surface area contributed by atoms with Gasteiger partial charge in [0.1, 0.15) is 5.60 Å². The highest BCUT2D eigenvalue weighted by molar-refractivity contribution is 7.27. The van der Waals surface area contributed by atoms with Gasteiger partial charge in [-0.25, -0.2) is 10.2 Å². The molecule has 0 fully saturated rings. The average molecular weight is 282 g/mol. The Morgan fingerprint density at radius 1 is 1.44 bits per heavy atom. The van der Waals surface area contributed by atoms with E-state index in [2.05, 4.69) is 22.0 Å². The summed E-state index contributed by atoms with van der Waals surface area (Å²) < 4.78 is 7.53. The second kappa shape index (κ2) is 5.07. The molecule has 0 aromatic carbocycles. The lowest BCUT2D eigenvalue weighted by Gasteiger charge is -2.18. The van der Waals surface area contributed by atoms with E-state index in [1.165, 1.54) is 9.40 Å². The number of rotatable bonds is 2. The third-order valence-corrected chi connectivity index (χ3v) is 3.93. The molecule has 4 nitrogen and oxygen atoms in total. The molecule has 1 N–H and O–H groups in total. The van der Waals surface area contributed by atoms with Crippen molar-refractivity contribution < 1.29 is 9.53 Å². The van der Waals surface area contributed by atoms with Gasteiger partial charge in [0, 0.05) is 14.3 Å². The van der Waals surface area contributed by atoms with Crippen molar-refractivity contribution in [1.29, 1.82) is 0 Å². The van der Waals surface area contributed by atoms with E-state index in [1.54, 1.807) is 28.9 Å². The lowest BCUT2D eigenvalue weighted by molar-refractivity contribution is 0.0529. The molecule has 96 valence electrons. The zero-order valence-electron chi connectivity index (χ0n) is 10.4. The van der Waals surface area contributed by atoms with Crippen LogP contribution in [0.25, 0.3) is 9.40 Å². The summed E-state index contributed by atoms with van der Waals surface area (Å²) in [5.41, 5.74) is 1.83. The van der Waals surface area contributed by atoms with Crippen LogP contribution in [0.2, 0.25) is 0 Å². The van der Waals surface area contributed by atoms with Crippen molar-refractivity contribution in [1.82, 2.24) is 5.43 Å². The van der Waals surface area contributed by atoms with Gasteiger partial charge in [-0.1, -0.05) is 0 Å². The number of hydrogen-bond acceptors (Lipinski definition) is 5. The van der Waals surface area contributed by atoms with E-state index in [1.807, 2.05) is 26.8 Å². The Morgan fingerprint density at radius 3 is 2.89 bits per heavy atom. The molecule has 18 heavy (non-hydrogen) atoms. The van der Waals surface area contributed by atoms with Crippen LogP contribution in [0.15, 0.2) is 22.6 Å². The molecule has 0 atom stereocenters. The Bertz CT molecular complexity index is 550. The fourth-order valence-electron chi connectivity index (χ4n) is 1.30. The first-order valence-electron chi connectivity index (χ1n) is 5.43. The number of carbonyl (C=O) groups is 1. The predicted octanol–water partition coefficient (Wildman–Crippen LogP) is 3.82. The van der Waals surface area contributed by atoms with Crippen molar-refractivity contribution in [2.45, 2.75) is 26.4 Å². The molecular formula is C12H14N2O2S2. The number of fused-ring (bicyclic) bond motifs is 1. The maximum Gasteiger partial charge on any atom is 0.428 e. The second-order valence-electron chi connectivity index (χ2n) is 4.67. The Labute approximate surface area is 113 Å². The van der Waals surface area contributed by atoms with Gasteiger partial charge in [0.15, 0.2) is 0 Å². The molecule has 0 aliphatic carbocycles. The number of hydrazone groups is 1. The molecule has 0 saturated heterocycles. The van der Waals surface area contributed by atoms with Gasteiger partial charge in [-0.3, -0.25) is 0 Å². The summed E-state index contributed by atoms with van der Waals surface area (Å²) in [4.78, 5) is 12.3. The molecule has 0 radical (unpaired) electrons. The molecule has 0 aliphatic rings. The van der Waals surface area contributed by atoms with E-state index in [4.69, 9.17) is 4.74 Å². The summed E-state index contributed by atoms with van der Waals surface area (Å²) >= 11 is 3.33. The molecule has 0 unspecified atom stereocenters. The van der Waals surface area contributed by atoms with Gasteiger partial charge in [0.2, 0.25) is 0 Å². The number of hydrogen-bond donors (Lipinski definition) is 1. The summed E-state index contributed by atoms with van der Waals surface area (Å²) in [5.74, 6) is 0. The van der Waals surface area contributed by atoms with E-state index in [-0.39, 0.29) is 0 Å². The first kappa shape index (κ1) is 13.0. The van der Waals surface area contributed by atoms with Gasteiger partial charge in [-0.05, 0) is 38.3 Å². The summed E-state index contributed by atoms with van der Waals surface area (Å²) in [6, 6.07) is 4.12. The molecule has 0 aliphatic heterocycles. The van der Waals surface area contributed by atoms with Crippen LogP contribution in [0.4, 0.5) is 4.79 Å². The Hall–Kier alpha value is -1.40. The van der Waals surface area contributed by atoms with E-state index >= 15 is 0 Å². The van der Waals surface area contributed by atoms with Gasteiger partial charge in [-0.2, -0.15) is 5.10 Å². The zero-order valence-corrected chi connectivity index (χ0v) is 12.0. The van der Waals surface area contributed by atoms with Crippen molar-refractivity contribution >= 4 is 44.4 Å². The Balaban J connectivity index is 1.92. The van der Waals surface area contributed by atoms with Crippen molar-refractivity contribution in [3.8, 4) is 0 Å². The van der Waals surface area contributed by atoms with Crippen molar-refractivity contribution in [3.63, 3.8) is 0 Å². The van der Waals surface area contributed by atoms with Crippen LogP contribution in [-0.4, -0.2) is 17.9 Å². The number of carbonyl (C=O) groups excluding carboxylic acids is 1. The van der Waals surface area contributed by atoms with Crippen LogP contribution in [0.3, 0.4) is 0 Å². The number of ether oxygens (including phenoxy) is 1. The van der Waals surface area contributed by atoms with E-state index in [9.17, 15) is 4.79 Å². The molecule has 2 rings (SSSR count). The minimum absolute atomic E-state index is 0.509. The monoisotopic (exact) mass is 282 g/mol. The number of nitrogens with one attached hydrogen (secondary N) is 1. The highest BCUT2D eigenvalue weighted by atomic mass is 32.1. The van der Waals surface area contributed by atoms with Gasteiger partial charge in [0.25, 0.3) is 0 Å². The van der Waals surface area contributed by atoms with Crippen LogP contribution in [0, 0.1) is 0 Å². The van der Waals surface area contributed by atoms with Gasteiger partial charge in [-0.15, -0.1) is 22.7 Å². The third kappa shape index (κ3) is 3.54. The van der Waals surface area contributed by atoms with Gasteiger partial charge >= 0.3 is 6.09 Å². The van der Waals surface area contributed by atoms with Gasteiger partial charge < -0.3 is 4.74 Å². The number of nitrogens with zero attached hydrogens (tertiary/aromatic N) is 1. The largest absolute Gasteiger partial charge is 0.443 e. The third-order valence-electron chi connectivity index (χ3n) is 1.90. The molecule has 2 aromatic heterocycles. The van der Waals surface area contributed by atoms with Crippen LogP contribution in [0.1, 0.15) is 25.6 Å². The molecule has 2 heterocycles. The summed E-state index contributed by atoms with van der Waals surface area (Å²) in [6.45, 7) is 5.43. The molecule has 0 saturated carbocycles. The molecule has 2 aromatic rings. The highest BCUT2D eigenvalue weighted by Crippen LogP contribution is 2.28. The number of thiophene rings is 2. The fourth-order valence-corrected chi connectivity index (χ4v) is 3.29. The SMILES string of the molecule is CC(C)(C)OC(=O)NN=Cc1cc2sccc2s1. The molecule has 6 heteroatoms. The standard InChI is InChI=1S/C12H14N2O2S2/c1-12(2,3)16-11(15)14-13-7-8-6-10-9(18-8)4-5-17-10/h4-7H,1-3H3,(H,14,15). The topological polar surface area (TPSA) is 50.7 Å². The maximum absolute atomic E-state index is 11.3. The Morgan fingerprint density at radius 2 is 2.22 bits per heavy atom. The van der Waals surface area contributed by atoms with Crippen LogP contribution in [0.5, 0.6) is 0 Å². The molecule has 0 spiro atoms. The minimum Gasteiger partial charge on any atom is -0.443 e. The minimum atomic E-state index is -0.544. The highest BCUT2D eigenvalue weighted by Gasteiger charge is 2.15. The summed E-state index contributed by atoms with van der Waals surface area (Å²) in [6.07, 6.45) is 1.08. The number of amides is 1. The smallest absolute Gasteiger partial charge is 0.428 e. The predicted molar refractivity (Wildman–Crippen MR) is 76.7 cm³/mol. The zero-order chi connectivity index (χ0) is 13.2. The van der Waals surface area contributed by atoms with Crippen LogP contribution < -0.4 is 5.43 Å². The maximum atomic E-state index is 11.3. The molecule has 0 bridgehead atoms. The normalized spacial score (nSPS) is 12.2. The first-order valence-corrected chi connectivity index (χ1v) is 7.13. The van der Waals surface area contributed by atoms with Crippen LogP contribution in [-0.2, 0) is 4.74 Å². The van der Waals surface area contributed by atoms with Crippen LogP contribution >= 0.6 is 22.7 Å². The first-order chi connectivity index (χ1) is 8.44. The second-order valence-corrected chi connectivity index (χ2v) is 6.73. The van der Waals surface area contributed by atoms with Gasteiger partial charge in [0.05, 0.1) is 6.21 Å². The van der Waals surface area contributed by atoms with Crippen molar-refractivity contribution in [3.05, 3.63) is 22.4 Å². The van der Waals surface area contributed by atoms with Crippen molar-refractivity contribution in [2.75, 3.05) is 0 Å². The average Bonchev–Trinajstić information content (AvgIpc) is 2.74. The Kier molecular flexibility index (Phi) is 3.68. The van der Waals surface area contributed by atoms with E-state index in [0.717, 1.165) is 4.88 Å². The molecular weight excluding hydrogens is 268 g/mol. The molecule has 1 amide bonds. The van der Waals surface area contributed by atoms with E-state index in [0.29, 0.717) is 0 Å².